The first kappa shape index (κ1) is 10.9. The molecule has 5 heteroatoms. The van der Waals surface area contributed by atoms with Gasteiger partial charge in [-0.15, -0.1) is 0 Å². The van der Waals surface area contributed by atoms with Gasteiger partial charge in [-0.1, -0.05) is 0 Å². The summed E-state index contributed by atoms with van der Waals surface area (Å²) < 4.78 is 5.34. The van der Waals surface area contributed by atoms with Crippen LogP contribution in [0.3, 0.4) is 0 Å². The van der Waals surface area contributed by atoms with Crippen molar-refractivity contribution in [1.29, 1.82) is 0 Å². The van der Waals surface area contributed by atoms with Crippen LogP contribution >= 0.6 is 0 Å². The van der Waals surface area contributed by atoms with Gasteiger partial charge in [0.15, 0.2) is 0 Å². The number of hydrogen-bond acceptors (Lipinski definition) is 4. The van der Waals surface area contributed by atoms with Gasteiger partial charge in [-0.05, 0) is 25.0 Å². The molecular weight excluding hydrogens is 206 g/mol. The number of carbonyl (C=O) groups is 1. The Morgan fingerprint density at radius 3 is 3.00 bits per heavy atom. The predicted octanol–water partition coefficient (Wildman–Crippen LogP) is 0.806. The third kappa shape index (κ3) is 2.14. The van der Waals surface area contributed by atoms with Crippen LogP contribution in [0.25, 0.3) is 0 Å². The Bertz CT molecular complexity index is 371. The zero-order valence-electron chi connectivity index (χ0n) is 9.22. The Morgan fingerprint density at radius 1 is 1.62 bits per heavy atom. The predicted molar refractivity (Wildman–Crippen MR) is 61.0 cm³/mol. The molecule has 0 radical (unpaired) electrons. The number of ether oxygens (including phenoxy) is 1. The van der Waals surface area contributed by atoms with E-state index in [4.69, 9.17) is 10.5 Å². The van der Waals surface area contributed by atoms with E-state index in [1.807, 2.05) is 0 Å². The molecule has 1 atom stereocenters. The highest BCUT2D eigenvalue weighted by atomic mass is 16.5. The van der Waals surface area contributed by atoms with Gasteiger partial charge >= 0.3 is 0 Å². The third-order valence-corrected chi connectivity index (χ3v) is 2.69. The van der Waals surface area contributed by atoms with Crippen molar-refractivity contribution in [3.05, 3.63) is 18.3 Å². The number of rotatable bonds is 2. The van der Waals surface area contributed by atoms with E-state index in [2.05, 4.69) is 4.98 Å². The molecule has 2 heterocycles. The minimum Gasteiger partial charge on any atom is -0.384 e. The summed E-state index contributed by atoms with van der Waals surface area (Å²) >= 11 is 0. The molecule has 0 spiro atoms. The summed E-state index contributed by atoms with van der Waals surface area (Å²) in [4.78, 5) is 17.5. The number of likely N-dealkylation sites (N-methyl/N-ethyl adjacent to an activating group) is 1. The summed E-state index contributed by atoms with van der Waals surface area (Å²) in [5.74, 6) is 0.422. The van der Waals surface area contributed by atoms with Crippen LogP contribution in [0.4, 0.5) is 11.5 Å². The van der Waals surface area contributed by atoms with E-state index in [1.165, 1.54) is 0 Å². The maximum Gasteiger partial charge on any atom is 0.255 e. The number of nitrogens with two attached hydrogens (primary N) is 1. The number of anilines is 2. The van der Waals surface area contributed by atoms with E-state index in [9.17, 15) is 4.79 Å². The second kappa shape index (κ2) is 4.49. The molecule has 2 N–H and O–H groups in total. The first-order valence-electron chi connectivity index (χ1n) is 5.29. The lowest BCUT2D eigenvalue weighted by Crippen LogP contribution is -2.36. The summed E-state index contributed by atoms with van der Waals surface area (Å²) in [5.41, 5.74) is 6.22. The SMILES string of the molecule is CN(C(=O)C1CCCO1)c1ccc(N)nc1. The smallest absolute Gasteiger partial charge is 0.255 e. The Kier molecular flexibility index (Phi) is 3.05. The molecule has 1 saturated heterocycles. The van der Waals surface area contributed by atoms with Crippen molar-refractivity contribution in [2.24, 2.45) is 0 Å². The molecule has 1 aliphatic rings. The van der Waals surface area contributed by atoms with Crippen LogP contribution in [0.5, 0.6) is 0 Å². The Morgan fingerprint density at radius 2 is 2.44 bits per heavy atom. The van der Waals surface area contributed by atoms with Crippen LogP contribution in [0, 0.1) is 0 Å². The monoisotopic (exact) mass is 221 g/mol. The molecule has 1 amide bonds. The average molecular weight is 221 g/mol. The molecule has 0 bridgehead atoms. The average Bonchev–Trinajstić information content (AvgIpc) is 2.81. The van der Waals surface area contributed by atoms with Crippen molar-refractivity contribution >= 4 is 17.4 Å². The number of nitrogen functional groups attached to an aromatic ring is 1. The fourth-order valence-electron chi connectivity index (χ4n) is 1.71. The summed E-state index contributed by atoms with van der Waals surface area (Å²) in [6.45, 7) is 0.671. The molecule has 16 heavy (non-hydrogen) atoms. The quantitative estimate of drug-likeness (QED) is 0.802. The number of nitrogens with zero attached hydrogens (tertiary/aromatic N) is 2. The molecule has 5 nitrogen and oxygen atoms in total. The maximum atomic E-state index is 12.0. The Balaban J connectivity index is 2.08. The van der Waals surface area contributed by atoms with Gasteiger partial charge < -0.3 is 15.4 Å². The van der Waals surface area contributed by atoms with Gasteiger partial charge in [0.05, 0.1) is 11.9 Å². The largest absolute Gasteiger partial charge is 0.384 e. The molecule has 1 aromatic rings. The molecular formula is C11H15N3O2. The first-order valence-corrected chi connectivity index (χ1v) is 5.29. The maximum absolute atomic E-state index is 12.0. The second-order valence-corrected chi connectivity index (χ2v) is 3.84. The van der Waals surface area contributed by atoms with Crippen molar-refractivity contribution in [1.82, 2.24) is 4.98 Å². The molecule has 0 aliphatic carbocycles. The van der Waals surface area contributed by atoms with Gasteiger partial charge in [0, 0.05) is 13.7 Å². The van der Waals surface area contributed by atoms with Gasteiger partial charge in [-0.2, -0.15) is 0 Å². The zero-order valence-corrected chi connectivity index (χ0v) is 9.22. The van der Waals surface area contributed by atoms with E-state index in [0.29, 0.717) is 12.4 Å². The normalized spacial score (nSPS) is 19.7. The van der Waals surface area contributed by atoms with Gasteiger partial charge in [0.2, 0.25) is 0 Å². The zero-order chi connectivity index (χ0) is 11.5. The molecule has 1 aliphatic heterocycles. The molecule has 0 saturated carbocycles. The standard InChI is InChI=1S/C11H15N3O2/c1-14(8-4-5-10(12)13-7-8)11(15)9-3-2-6-16-9/h4-5,7,9H,2-3,6H2,1H3,(H2,12,13). The first-order chi connectivity index (χ1) is 7.68. The van der Waals surface area contributed by atoms with E-state index >= 15 is 0 Å². The van der Waals surface area contributed by atoms with Gasteiger partial charge in [0.1, 0.15) is 11.9 Å². The lowest BCUT2D eigenvalue weighted by Gasteiger charge is -2.20. The second-order valence-electron chi connectivity index (χ2n) is 3.84. The number of aromatic nitrogens is 1. The van der Waals surface area contributed by atoms with Gasteiger partial charge in [0.25, 0.3) is 5.91 Å². The van der Waals surface area contributed by atoms with Crippen LogP contribution in [0.15, 0.2) is 18.3 Å². The van der Waals surface area contributed by atoms with Crippen LogP contribution < -0.4 is 10.6 Å². The van der Waals surface area contributed by atoms with E-state index in [-0.39, 0.29) is 12.0 Å². The lowest BCUT2D eigenvalue weighted by molar-refractivity contribution is -0.127. The summed E-state index contributed by atoms with van der Waals surface area (Å²) in [6, 6.07) is 3.45. The minimum absolute atomic E-state index is 0.0240. The van der Waals surface area contributed by atoms with Gasteiger partial charge in [-0.3, -0.25) is 4.79 Å². The van der Waals surface area contributed by atoms with Crippen LogP contribution in [-0.2, 0) is 9.53 Å². The fourth-order valence-corrected chi connectivity index (χ4v) is 1.71. The third-order valence-electron chi connectivity index (χ3n) is 2.69. The highest BCUT2D eigenvalue weighted by Gasteiger charge is 2.27. The van der Waals surface area contributed by atoms with E-state index < -0.39 is 0 Å². The van der Waals surface area contributed by atoms with Crippen molar-refractivity contribution in [2.45, 2.75) is 18.9 Å². The summed E-state index contributed by atoms with van der Waals surface area (Å²) in [5, 5.41) is 0. The Hall–Kier alpha value is -1.62. The lowest BCUT2D eigenvalue weighted by atomic mass is 10.2. The number of amides is 1. The topological polar surface area (TPSA) is 68.5 Å². The molecule has 86 valence electrons. The van der Waals surface area contributed by atoms with Crippen LogP contribution in [0.1, 0.15) is 12.8 Å². The summed E-state index contributed by atoms with van der Waals surface area (Å²) in [7, 11) is 1.72. The van der Waals surface area contributed by atoms with Crippen molar-refractivity contribution in [3.63, 3.8) is 0 Å². The highest BCUT2D eigenvalue weighted by molar-refractivity contribution is 5.96. The minimum atomic E-state index is -0.303. The molecule has 1 fully saturated rings. The molecule has 1 aromatic heterocycles. The molecule has 2 rings (SSSR count). The Labute approximate surface area is 94.2 Å². The van der Waals surface area contributed by atoms with Crippen LogP contribution in [0.2, 0.25) is 0 Å². The summed E-state index contributed by atoms with van der Waals surface area (Å²) in [6.07, 6.45) is 3.03. The number of carbonyl (C=O) groups excluding carboxylic acids is 1. The number of pyridine rings is 1. The van der Waals surface area contributed by atoms with Crippen molar-refractivity contribution in [2.75, 3.05) is 24.3 Å². The fraction of sp³-hybridized carbons (Fsp3) is 0.455. The number of hydrogen-bond donors (Lipinski definition) is 1. The molecule has 0 aromatic carbocycles. The molecule has 1 unspecified atom stereocenters. The highest BCUT2D eigenvalue weighted by Crippen LogP contribution is 2.18. The van der Waals surface area contributed by atoms with E-state index in [1.54, 1.807) is 30.3 Å². The van der Waals surface area contributed by atoms with Gasteiger partial charge in [-0.25, -0.2) is 4.98 Å². The van der Waals surface area contributed by atoms with Crippen molar-refractivity contribution in [3.8, 4) is 0 Å². The van der Waals surface area contributed by atoms with Crippen LogP contribution in [-0.4, -0.2) is 30.6 Å². The van der Waals surface area contributed by atoms with Crippen molar-refractivity contribution < 1.29 is 9.53 Å². The van der Waals surface area contributed by atoms with E-state index in [0.717, 1.165) is 18.5 Å².